The van der Waals surface area contributed by atoms with Gasteiger partial charge in [0.05, 0.1) is 15.9 Å². The minimum absolute atomic E-state index is 0.121. The van der Waals surface area contributed by atoms with Crippen LogP contribution in [0.2, 0.25) is 5.02 Å². The fourth-order valence-electron chi connectivity index (χ4n) is 2.99. The third kappa shape index (κ3) is 3.03. The van der Waals surface area contributed by atoms with E-state index in [0.29, 0.717) is 9.99 Å². The summed E-state index contributed by atoms with van der Waals surface area (Å²) in [5.74, 6) is -0.287. The van der Waals surface area contributed by atoms with Gasteiger partial charge in [0.2, 0.25) is 5.34 Å². The molecule has 1 aromatic carbocycles. The van der Waals surface area contributed by atoms with Crippen molar-refractivity contribution in [2.75, 3.05) is 0 Å². The van der Waals surface area contributed by atoms with E-state index in [1.165, 1.54) is 6.20 Å². The predicted octanol–water partition coefficient (Wildman–Crippen LogP) is -0.345. The highest BCUT2D eigenvalue weighted by atomic mass is 79.9. The summed E-state index contributed by atoms with van der Waals surface area (Å²) >= 11 is 9.34. The molecule has 0 radical (unpaired) electrons. The molecule has 1 fully saturated rings. The van der Waals surface area contributed by atoms with Crippen molar-refractivity contribution in [1.82, 2.24) is 4.98 Å². The number of aliphatic hydroxyl groups is 6. The molecule has 13 heteroatoms. The summed E-state index contributed by atoms with van der Waals surface area (Å²) in [5.41, 5.74) is 0.422. The Bertz CT molecular complexity index is 907. The van der Waals surface area contributed by atoms with Gasteiger partial charge in [-0.15, -0.1) is 0 Å². The minimum Gasteiger partial charge on any atom is -0.420 e. The second-order valence-corrected chi connectivity index (χ2v) is 9.37. The summed E-state index contributed by atoms with van der Waals surface area (Å²) in [4.78, 5) is 13.1. The van der Waals surface area contributed by atoms with Crippen LogP contribution in [0, 0.1) is 0 Å². The number of rotatable bonds is 3. The molecule has 1 unspecified atom stereocenters. The lowest BCUT2D eigenvalue weighted by Crippen LogP contribution is -2.70. The lowest BCUT2D eigenvalue weighted by atomic mass is 9.84. The summed E-state index contributed by atoms with van der Waals surface area (Å²) in [7, 11) is -5.39. The number of H-pyrrole nitrogens is 1. The monoisotopic (exact) mass is 487 g/mol. The molecule has 8 N–H and O–H groups in total. The zero-order valence-corrected chi connectivity index (χ0v) is 16.5. The summed E-state index contributed by atoms with van der Waals surface area (Å²) < 4.78 is 18.3. The zero-order valence-electron chi connectivity index (χ0n) is 13.3. The van der Waals surface area contributed by atoms with Gasteiger partial charge in [-0.3, -0.25) is 0 Å². The number of aromatic amines is 1. The van der Waals surface area contributed by atoms with Crippen molar-refractivity contribution in [3.63, 3.8) is 0 Å². The molecule has 150 valence electrons. The Morgan fingerprint density at radius 3 is 2.22 bits per heavy atom. The van der Waals surface area contributed by atoms with Gasteiger partial charge >= 0.3 is 7.60 Å². The molecule has 0 bridgehead atoms. The number of benzene rings is 1. The van der Waals surface area contributed by atoms with Crippen LogP contribution in [0.5, 0.6) is 5.75 Å². The normalized spacial score (nSPS) is 36.6. The Labute approximate surface area is 165 Å². The average Bonchev–Trinajstić information content (AvgIpc) is 3.02. The van der Waals surface area contributed by atoms with Crippen molar-refractivity contribution >= 4 is 46.0 Å². The van der Waals surface area contributed by atoms with Gasteiger partial charge in [-0.1, -0.05) is 11.6 Å². The van der Waals surface area contributed by atoms with Crippen LogP contribution >= 0.6 is 35.1 Å². The van der Waals surface area contributed by atoms with Gasteiger partial charge in [-0.2, -0.15) is 0 Å². The number of nitrogens with one attached hydrogen (secondary N) is 1. The standard InChI is InChI=1S/C14H16BrClNO9P/c15-4-1-2-5-7(8(4)16)6(3-17-5)26-27(24,25)14(23)12(21)10(19)9(18)11(20)13(14)22/h1-3,9-13,17-23H,(H,24,25)/t9-,10-,11+,12-,13-,14+/m1/s1. The van der Waals surface area contributed by atoms with Crippen molar-refractivity contribution in [3.8, 4) is 5.75 Å². The van der Waals surface area contributed by atoms with Gasteiger partial charge in [0.25, 0.3) is 0 Å². The van der Waals surface area contributed by atoms with Gasteiger partial charge in [-0.25, -0.2) is 4.57 Å². The van der Waals surface area contributed by atoms with Crippen molar-refractivity contribution in [2.45, 2.75) is 35.9 Å². The number of aliphatic hydroxyl groups excluding tert-OH is 5. The Balaban J connectivity index is 2.06. The van der Waals surface area contributed by atoms with Crippen LogP contribution in [0.1, 0.15) is 0 Å². The first kappa shape index (κ1) is 21.0. The molecule has 0 saturated heterocycles. The Morgan fingerprint density at radius 1 is 1.11 bits per heavy atom. The van der Waals surface area contributed by atoms with Gasteiger partial charge < -0.3 is 45.0 Å². The quantitative estimate of drug-likeness (QED) is 0.268. The lowest BCUT2D eigenvalue weighted by molar-refractivity contribution is -0.243. The molecule has 3 rings (SSSR count). The van der Waals surface area contributed by atoms with Crippen molar-refractivity contribution < 1.29 is 44.6 Å². The molecule has 1 saturated carbocycles. The van der Waals surface area contributed by atoms with Crippen LogP contribution in [0.25, 0.3) is 10.9 Å². The molecule has 0 spiro atoms. The fourth-order valence-corrected chi connectivity index (χ4v) is 5.11. The Kier molecular flexibility index (Phi) is 5.41. The minimum atomic E-state index is -5.39. The number of hydrogen-bond acceptors (Lipinski definition) is 8. The van der Waals surface area contributed by atoms with Crippen molar-refractivity contribution in [2.24, 2.45) is 0 Å². The maximum Gasteiger partial charge on any atom is 0.413 e. The van der Waals surface area contributed by atoms with Crippen LogP contribution in [0.4, 0.5) is 0 Å². The second kappa shape index (κ2) is 6.96. The van der Waals surface area contributed by atoms with Crippen LogP contribution in [-0.4, -0.2) is 76.4 Å². The largest absolute Gasteiger partial charge is 0.420 e. The van der Waals surface area contributed by atoms with Gasteiger partial charge in [0.15, 0.2) is 5.75 Å². The smallest absolute Gasteiger partial charge is 0.413 e. The summed E-state index contributed by atoms with van der Waals surface area (Å²) in [5, 5.41) is 56.7. The predicted molar refractivity (Wildman–Crippen MR) is 96.4 cm³/mol. The SMILES string of the molecule is O=P(O)(Oc1c[nH]c2ccc(Br)c(Cl)c12)[C@@]1(O)[C@H](O)[C@H](O)[C@@H](O)[C@H](O)[C@H]1O. The average molecular weight is 489 g/mol. The van der Waals surface area contributed by atoms with E-state index in [1.54, 1.807) is 12.1 Å². The molecule has 0 aliphatic heterocycles. The van der Waals surface area contributed by atoms with Crippen LogP contribution < -0.4 is 4.52 Å². The molecule has 7 atom stereocenters. The molecule has 2 aromatic rings. The van der Waals surface area contributed by atoms with E-state index < -0.39 is 43.5 Å². The van der Waals surface area contributed by atoms with E-state index in [-0.39, 0.29) is 16.2 Å². The summed E-state index contributed by atoms with van der Waals surface area (Å²) in [6.07, 6.45) is -10.4. The highest BCUT2D eigenvalue weighted by molar-refractivity contribution is 9.10. The number of aromatic nitrogens is 1. The fraction of sp³-hybridized carbons (Fsp3) is 0.429. The van der Waals surface area contributed by atoms with Gasteiger partial charge in [-0.05, 0) is 28.1 Å². The van der Waals surface area contributed by atoms with E-state index in [4.69, 9.17) is 16.1 Å². The van der Waals surface area contributed by atoms with Gasteiger partial charge in [0.1, 0.15) is 30.5 Å². The van der Waals surface area contributed by atoms with E-state index in [2.05, 4.69) is 20.9 Å². The second-order valence-electron chi connectivity index (χ2n) is 6.19. The lowest BCUT2D eigenvalue weighted by Gasteiger charge is -2.47. The highest BCUT2D eigenvalue weighted by Gasteiger charge is 2.68. The van der Waals surface area contributed by atoms with Crippen LogP contribution in [0.15, 0.2) is 22.8 Å². The first-order valence-electron chi connectivity index (χ1n) is 7.53. The first-order chi connectivity index (χ1) is 12.4. The van der Waals surface area contributed by atoms with Gasteiger partial charge in [0, 0.05) is 10.7 Å². The van der Waals surface area contributed by atoms with Crippen molar-refractivity contribution in [3.05, 3.63) is 27.8 Å². The number of hydrogen-bond donors (Lipinski definition) is 8. The molecular formula is C14H16BrClNO9P. The molecule has 10 nitrogen and oxygen atoms in total. The topological polar surface area (TPSA) is 184 Å². The third-order valence-corrected chi connectivity index (χ3v) is 7.75. The summed E-state index contributed by atoms with van der Waals surface area (Å²) in [6.45, 7) is 0. The number of halogens is 2. The zero-order chi connectivity index (χ0) is 20.3. The van der Waals surface area contributed by atoms with E-state index in [9.17, 15) is 40.1 Å². The van der Waals surface area contributed by atoms with Crippen LogP contribution in [-0.2, 0) is 4.57 Å². The first-order valence-corrected chi connectivity index (χ1v) is 10.3. The van der Waals surface area contributed by atoms with E-state index in [1.807, 2.05) is 0 Å². The summed E-state index contributed by atoms with van der Waals surface area (Å²) in [6, 6.07) is 3.20. The molecule has 1 heterocycles. The maximum absolute atomic E-state index is 12.8. The Hall–Kier alpha value is -0.720. The maximum atomic E-state index is 12.8. The molecule has 27 heavy (non-hydrogen) atoms. The Morgan fingerprint density at radius 2 is 1.67 bits per heavy atom. The highest BCUT2D eigenvalue weighted by Crippen LogP contribution is 2.60. The van der Waals surface area contributed by atoms with Crippen LogP contribution in [0.3, 0.4) is 0 Å². The third-order valence-electron chi connectivity index (χ3n) is 4.59. The molecule has 1 aliphatic carbocycles. The molecule has 0 amide bonds. The molecule has 1 aliphatic rings. The van der Waals surface area contributed by atoms with Crippen molar-refractivity contribution in [1.29, 1.82) is 0 Å². The van der Waals surface area contributed by atoms with E-state index in [0.717, 1.165) is 0 Å². The number of fused-ring (bicyclic) bond motifs is 1. The molecular weight excluding hydrogens is 472 g/mol. The molecule has 1 aromatic heterocycles. The van der Waals surface area contributed by atoms with E-state index >= 15 is 0 Å².